The third kappa shape index (κ3) is 1.56. The third-order valence-electron chi connectivity index (χ3n) is 4.95. The van der Waals surface area contributed by atoms with Crippen LogP contribution >= 0.6 is 0 Å². The molecule has 90 valence electrons. The summed E-state index contributed by atoms with van der Waals surface area (Å²) in [5, 5.41) is 3.60. The Kier molecular flexibility index (Phi) is 2.46. The van der Waals surface area contributed by atoms with E-state index in [4.69, 9.17) is 0 Å². The summed E-state index contributed by atoms with van der Waals surface area (Å²) >= 11 is 0. The van der Waals surface area contributed by atoms with Gasteiger partial charge in [0.05, 0.1) is 0 Å². The zero-order valence-corrected chi connectivity index (χ0v) is 10.3. The van der Waals surface area contributed by atoms with Crippen molar-refractivity contribution in [3.63, 3.8) is 0 Å². The van der Waals surface area contributed by atoms with Crippen LogP contribution in [0.4, 0.5) is 0 Å². The quantitative estimate of drug-likeness (QED) is 0.772. The number of hydrogen-bond donors (Lipinski definition) is 1. The van der Waals surface area contributed by atoms with Gasteiger partial charge in [-0.1, -0.05) is 0 Å². The largest absolute Gasteiger partial charge is 0.349 e. The van der Waals surface area contributed by atoms with Crippen molar-refractivity contribution in [2.45, 2.75) is 31.7 Å². The number of carbonyl (C=O) groups excluding carboxylic acids is 1. The maximum absolute atomic E-state index is 11.4. The van der Waals surface area contributed by atoms with Crippen LogP contribution in [0.15, 0.2) is 0 Å². The molecule has 0 saturated heterocycles. The van der Waals surface area contributed by atoms with Crippen LogP contribution in [-0.2, 0) is 4.79 Å². The van der Waals surface area contributed by atoms with Crippen molar-refractivity contribution < 1.29 is 4.79 Å². The summed E-state index contributed by atoms with van der Waals surface area (Å²) in [6.07, 6.45) is 5.10. The Labute approximate surface area is 97.6 Å². The Hall–Kier alpha value is -0.570. The molecule has 4 unspecified atom stereocenters. The molecule has 0 aromatic rings. The van der Waals surface area contributed by atoms with Crippen LogP contribution < -0.4 is 5.32 Å². The lowest BCUT2D eigenvalue weighted by molar-refractivity contribution is -0.128. The van der Waals surface area contributed by atoms with E-state index in [0.29, 0.717) is 6.42 Å². The minimum atomic E-state index is 0.237. The first-order valence-electron chi connectivity index (χ1n) is 6.62. The smallest absolute Gasteiger partial charge is 0.223 e. The van der Waals surface area contributed by atoms with E-state index in [2.05, 4.69) is 5.32 Å². The monoisotopic (exact) mass is 222 g/mol. The van der Waals surface area contributed by atoms with Crippen molar-refractivity contribution in [2.24, 2.45) is 23.7 Å². The molecule has 1 amide bonds. The summed E-state index contributed by atoms with van der Waals surface area (Å²) in [5.74, 6) is 4.25. The molecule has 3 aliphatic rings. The second kappa shape index (κ2) is 3.73. The number of nitrogens with one attached hydrogen (secondary N) is 1. The van der Waals surface area contributed by atoms with Crippen molar-refractivity contribution in [3.8, 4) is 0 Å². The van der Waals surface area contributed by atoms with E-state index in [-0.39, 0.29) is 5.91 Å². The first kappa shape index (κ1) is 10.6. The molecule has 0 aromatic carbocycles. The molecule has 0 aliphatic heterocycles. The lowest BCUT2D eigenvalue weighted by atomic mass is 10.0. The molecular formula is C13H22N2O. The molecule has 3 aliphatic carbocycles. The molecule has 0 radical (unpaired) electrons. The molecule has 0 heterocycles. The summed E-state index contributed by atoms with van der Waals surface area (Å²) in [5.41, 5.74) is 0. The average molecular weight is 222 g/mol. The van der Waals surface area contributed by atoms with Crippen molar-refractivity contribution in [1.82, 2.24) is 10.2 Å². The standard InChI is InChI=1S/C13H22N2O/c1-15(2)10(16)5-6-14-13-11-8-3-4-9(7-8)12(11)13/h8-9,11-14H,3-7H2,1-2H3. The maximum atomic E-state index is 11.4. The fourth-order valence-corrected chi connectivity index (χ4v) is 4.17. The van der Waals surface area contributed by atoms with E-state index in [1.165, 1.54) is 19.3 Å². The van der Waals surface area contributed by atoms with E-state index in [1.807, 2.05) is 14.1 Å². The number of amides is 1. The lowest BCUT2D eigenvalue weighted by Crippen LogP contribution is -2.29. The molecule has 3 rings (SSSR count). The fraction of sp³-hybridized carbons (Fsp3) is 0.923. The van der Waals surface area contributed by atoms with Gasteiger partial charge < -0.3 is 10.2 Å². The highest BCUT2D eigenvalue weighted by molar-refractivity contribution is 5.75. The summed E-state index contributed by atoms with van der Waals surface area (Å²) in [4.78, 5) is 13.1. The second-order valence-corrected chi connectivity index (χ2v) is 6.01. The van der Waals surface area contributed by atoms with E-state index >= 15 is 0 Å². The van der Waals surface area contributed by atoms with Gasteiger partial charge in [0.25, 0.3) is 0 Å². The van der Waals surface area contributed by atoms with Crippen LogP contribution in [0.3, 0.4) is 0 Å². The minimum Gasteiger partial charge on any atom is -0.349 e. The van der Waals surface area contributed by atoms with Crippen LogP contribution in [0.2, 0.25) is 0 Å². The predicted molar refractivity (Wildman–Crippen MR) is 62.9 cm³/mol. The van der Waals surface area contributed by atoms with Crippen LogP contribution in [0, 0.1) is 23.7 Å². The number of rotatable bonds is 4. The summed E-state index contributed by atoms with van der Waals surface area (Å²) in [7, 11) is 3.66. The van der Waals surface area contributed by atoms with Crippen LogP contribution in [0.25, 0.3) is 0 Å². The third-order valence-corrected chi connectivity index (χ3v) is 4.95. The highest BCUT2D eigenvalue weighted by atomic mass is 16.2. The Morgan fingerprint density at radius 3 is 2.44 bits per heavy atom. The molecule has 16 heavy (non-hydrogen) atoms. The van der Waals surface area contributed by atoms with E-state index in [9.17, 15) is 4.79 Å². The van der Waals surface area contributed by atoms with Gasteiger partial charge in [0.2, 0.25) is 5.91 Å². The average Bonchev–Trinajstić information content (AvgIpc) is 2.68. The predicted octanol–water partition coefficient (Wildman–Crippen LogP) is 1.10. The Bertz CT molecular complexity index is 286. The summed E-state index contributed by atoms with van der Waals surface area (Å²) < 4.78 is 0. The van der Waals surface area contributed by atoms with E-state index in [0.717, 1.165) is 36.3 Å². The van der Waals surface area contributed by atoms with Crippen molar-refractivity contribution in [3.05, 3.63) is 0 Å². The van der Waals surface area contributed by atoms with Gasteiger partial charge in [-0.3, -0.25) is 4.79 Å². The Morgan fingerprint density at radius 1 is 1.25 bits per heavy atom. The van der Waals surface area contributed by atoms with Gasteiger partial charge in [-0.05, 0) is 42.9 Å². The molecule has 1 N–H and O–H groups in total. The highest BCUT2D eigenvalue weighted by Crippen LogP contribution is 2.65. The second-order valence-electron chi connectivity index (χ2n) is 6.01. The minimum absolute atomic E-state index is 0.237. The first-order chi connectivity index (χ1) is 7.68. The first-order valence-corrected chi connectivity index (χ1v) is 6.62. The van der Waals surface area contributed by atoms with Gasteiger partial charge in [-0.15, -0.1) is 0 Å². The fourth-order valence-electron chi connectivity index (χ4n) is 4.17. The van der Waals surface area contributed by atoms with Gasteiger partial charge in [-0.2, -0.15) is 0 Å². The summed E-state index contributed by atoms with van der Waals surface area (Å²) in [6.45, 7) is 0.869. The van der Waals surface area contributed by atoms with Crippen LogP contribution in [0.1, 0.15) is 25.7 Å². The normalized spacial score (nSPS) is 43.2. The zero-order chi connectivity index (χ0) is 11.3. The van der Waals surface area contributed by atoms with Crippen molar-refractivity contribution in [1.29, 1.82) is 0 Å². The maximum Gasteiger partial charge on any atom is 0.223 e. The molecule has 4 atom stereocenters. The molecule has 0 aromatic heterocycles. The molecule has 3 heteroatoms. The van der Waals surface area contributed by atoms with Crippen LogP contribution in [-0.4, -0.2) is 37.5 Å². The topological polar surface area (TPSA) is 32.3 Å². The molecule has 3 saturated carbocycles. The molecular weight excluding hydrogens is 200 g/mol. The lowest BCUT2D eigenvalue weighted by Gasteiger charge is -2.12. The zero-order valence-electron chi connectivity index (χ0n) is 10.3. The Morgan fingerprint density at radius 2 is 1.88 bits per heavy atom. The SMILES string of the molecule is CN(C)C(=O)CCNC1C2C3CCC(C3)C12. The van der Waals surface area contributed by atoms with Crippen LogP contribution in [0.5, 0.6) is 0 Å². The van der Waals surface area contributed by atoms with Gasteiger partial charge in [0.15, 0.2) is 0 Å². The number of fused-ring (bicyclic) bond motifs is 5. The van der Waals surface area contributed by atoms with Gasteiger partial charge in [-0.25, -0.2) is 0 Å². The summed E-state index contributed by atoms with van der Waals surface area (Å²) in [6, 6.07) is 0.765. The van der Waals surface area contributed by atoms with Crippen molar-refractivity contribution in [2.75, 3.05) is 20.6 Å². The molecule has 2 bridgehead atoms. The van der Waals surface area contributed by atoms with Gasteiger partial charge in [0, 0.05) is 33.1 Å². The van der Waals surface area contributed by atoms with E-state index < -0.39 is 0 Å². The molecule has 3 nitrogen and oxygen atoms in total. The number of hydrogen-bond acceptors (Lipinski definition) is 2. The molecule has 3 fully saturated rings. The number of carbonyl (C=O) groups is 1. The molecule has 0 spiro atoms. The van der Waals surface area contributed by atoms with Crippen molar-refractivity contribution >= 4 is 5.91 Å². The van der Waals surface area contributed by atoms with Gasteiger partial charge >= 0.3 is 0 Å². The van der Waals surface area contributed by atoms with Gasteiger partial charge in [0.1, 0.15) is 0 Å². The van der Waals surface area contributed by atoms with E-state index in [1.54, 1.807) is 4.90 Å². The number of nitrogens with zero attached hydrogens (tertiary/aromatic N) is 1. The highest BCUT2D eigenvalue weighted by Gasteiger charge is 2.64. The Balaban J connectivity index is 1.41.